The zero-order chi connectivity index (χ0) is 39.6. The van der Waals surface area contributed by atoms with Crippen LogP contribution in [0, 0.1) is 31.4 Å². The molecule has 2 aromatic carbocycles. The van der Waals surface area contributed by atoms with E-state index in [9.17, 15) is 50.2 Å². The highest BCUT2D eigenvalue weighted by molar-refractivity contribution is 5.83. The van der Waals surface area contributed by atoms with Gasteiger partial charge in [-0.15, -0.1) is 0 Å². The number of halogens is 8. The van der Waals surface area contributed by atoms with Crippen LogP contribution in [0.2, 0.25) is 0 Å². The Bertz CT molecular complexity index is 1900. The normalized spacial score (nSPS) is 15.5. The fraction of sp³-hybridized carbons (Fsp3) is 0.486. The molecular weight excluding hydrogens is 718 g/mol. The lowest BCUT2D eigenvalue weighted by Gasteiger charge is -2.33. The number of ether oxygens (including phenoxy) is 1. The maximum atomic E-state index is 16.1. The van der Waals surface area contributed by atoms with Crippen LogP contribution in [0.1, 0.15) is 79.5 Å². The van der Waals surface area contributed by atoms with E-state index in [1.54, 1.807) is 13.8 Å². The van der Waals surface area contributed by atoms with Gasteiger partial charge in [-0.25, -0.2) is 8.78 Å². The molecule has 1 aliphatic heterocycles. The lowest BCUT2D eigenvalue weighted by atomic mass is 9.88. The largest absolute Gasteiger partial charge is 0.466 e. The zero-order valence-corrected chi connectivity index (χ0v) is 29.8. The number of nitrogens with one attached hydrogen (secondary N) is 1. The maximum Gasteiger partial charge on any atom is 0.419 e. The molecule has 4 rings (SSSR count). The number of aliphatic hydroxyl groups is 1. The molecule has 2 atom stereocenters. The second-order valence-electron chi connectivity index (χ2n) is 13.6. The smallest absolute Gasteiger partial charge is 0.419 e. The van der Waals surface area contributed by atoms with E-state index in [0.717, 1.165) is 29.3 Å². The van der Waals surface area contributed by atoms with Gasteiger partial charge in [-0.05, 0) is 105 Å². The number of esters is 1. The molecule has 1 fully saturated rings. The van der Waals surface area contributed by atoms with E-state index in [2.05, 4.69) is 0 Å². The summed E-state index contributed by atoms with van der Waals surface area (Å²) in [7, 11) is 0. The van der Waals surface area contributed by atoms with Crippen LogP contribution in [0.25, 0.3) is 11.1 Å². The number of alkyl halides is 6. The second-order valence-corrected chi connectivity index (χ2v) is 13.6. The number of likely N-dealkylation sites (tertiary alicyclic amines) is 1. The lowest BCUT2D eigenvalue weighted by molar-refractivity contribution is -0.153. The number of hydrogen-bond donors (Lipinski definition) is 2. The monoisotopic (exact) mass is 759 g/mol. The lowest BCUT2D eigenvalue weighted by Crippen LogP contribution is -2.51. The number of aromatic nitrogens is 1. The van der Waals surface area contributed by atoms with Crippen molar-refractivity contribution in [2.24, 2.45) is 5.92 Å². The predicted molar refractivity (Wildman–Crippen MR) is 179 cm³/mol. The third-order valence-electron chi connectivity index (χ3n) is 9.20. The number of rotatable bonds is 13. The minimum atomic E-state index is -5.39. The molecule has 0 bridgehead atoms. The van der Waals surface area contributed by atoms with Crippen molar-refractivity contribution in [3.05, 3.63) is 91.9 Å². The van der Waals surface area contributed by atoms with E-state index in [1.165, 1.54) is 26.8 Å². The molecule has 0 aliphatic carbocycles. The van der Waals surface area contributed by atoms with Crippen molar-refractivity contribution >= 4 is 11.9 Å². The summed E-state index contributed by atoms with van der Waals surface area (Å²) in [6.45, 7) is 8.64. The molecule has 53 heavy (non-hydrogen) atoms. The number of nitrogens with zero attached hydrogens (tertiary/aromatic N) is 2. The number of benzene rings is 2. The SMILES string of the molecule is CCOC(=O)CC(O)(NC(=O)C(CC(C)C)n1cc(CCN2CCC2)c(C(F)(F)F)cc1=O)c1cc(-c2c(C)ccc(F)c2C)cc(C(F)(F)F)c1F. The molecule has 2 heterocycles. The van der Waals surface area contributed by atoms with Crippen LogP contribution in [0.15, 0.2) is 41.3 Å². The average Bonchev–Trinajstić information content (AvgIpc) is 3.01. The van der Waals surface area contributed by atoms with Crippen molar-refractivity contribution < 1.29 is 54.6 Å². The Morgan fingerprint density at radius 3 is 2.13 bits per heavy atom. The van der Waals surface area contributed by atoms with Crippen molar-refractivity contribution in [3.63, 3.8) is 0 Å². The summed E-state index contributed by atoms with van der Waals surface area (Å²) in [4.78, 5) is 42.2. The summed E-state index contributed by atoms with van der Waals surface area (Å²) in [6, 6.07) is 2.16. The molecule has 0 saturated carbocycles. The second kappa shape index (κ2) is 16.0. The van der Waals surface area contributed by atoms with Crippen LogP contribution in [0.3, 0.4) is 0 Å². The van der Waals surface area contributed by atoms with Crippen molar-refractivity contribution in [3.8, 4) is 11.1 Å². The van der Waals surface area contributed by atoms with E-state index in [0.29, 0.717) is 25.2 Å². The third kappa shape index (κ3) is 9.44. The molecule has 8 nitrogen and oxygen atoms in total. The van der Waals surface area contributed by atoms with Gasteiger partial charge >= 0.3 is 18.3 Å². The maximum absolute atomic E-state index is 16.1. The molecule has 1 amide bonds. The van der Waals surface area contributed by atoms with E-state index in [1.807, 2.05) is 10.2 Å². The predicted octanol–water partition coefficient (Wildman–Crippen LogP) is 7.20. The Morgan fingerprint density at radius 2 is 1.58 bits per heavy atom. The van der Waals surface area contributed by atoms with Crippen LogP contribution in [0.4, 0.5) is 35.1 Å². The first-order valence-corrected chi connectivity index (χ1v) is 17.0. The topological polar surface area (TPSA) is 101 Å². The average molecular weight is 760 g/mol. The van der Waals surface area contributed by atoms with Gasteiger partial charge in [0.25, 0.3) is 5.56 Å². The zero-order valence-electron chi connectivity index (χ0n) is 29.8. The Labute approximate surface area is 300 Å². The van der Waals surface area contributed by atoms with Gasteiger partial charge in [0, 0.05) is 24.4 Å². The first-order chi connectivity index (χ1) is 24.6. The highest BCUT2D eigenvalue weighted by Crippen LogP contribution is 2.41. The fourth-order valence-corrected chi connectivity index (χ4v) is 6.43. The molecule has 1 saturated heterocycles. The van der Waals surface area contributed by atoms with Gasteiger partial charge < -0.3 is 24.6 Å². The molecule has 1 aromatic heterocycles. The molecule has 3 aromatic rings. The third-order valence-corrected chi connectivity index (χ3v) is 9.20. The van der Waals surface area contributed by atoms with Crippen molar-refractivity contribution in [1.82, 2.24) is 14.8 Å². The standard InChI is InChI=1S/C37H41F8N3O5/c1-6-53-31(50)18-35(52,26-15-24(16-27(33(26)39)37(43,44)45)32-21(4)8-9-28(38)22(32)5)46-34(51)29(14-20(2)3)48-19-23(10-13-47-11-7-12-47)25(17-30(48)49)36(40,41)42/h8-9,15-17,19-20,29,52H,6-7,10-14,18H2,1-5H3,(H,46,51). The number of hydrogen-bond acceptors (Lipinski definition) is 6. The van der Waals surface area contributed by atoms with Gasteiger partial charge in [-0.3, -0.25) is 14.4 Å². The fourth-order valence-electron chi connectivity index (χ4n) is 6.43. The van der Waals surface area contributed by atoms with E-state index in [-0.39, 0.29) is 48.2 Å². The summed E-state index contributed by atoms with van der Waals surface area (Å²) >= 11 is 0. The highest BCUT2D eigenvalue weighted by Gasteiger charge is 2.44. The van der Waals surface area contributed by atoms with Gasteiger partial charge in [0.15, 0.2) is 5.72 Å². The number of carbonyl (C=O) groups excluding carboxylic acids is 2. The first-order valence-electron chi connectivity index (χ1n) is 17.0. The molecular formula is C37H41F8N3O5. The van der Waals surface area contributed by atoms with E-state index >= 15 is 4.39 Å². The Balaban J connectivity index is 1.92. The summed E-state index contributed by atoms with van der Waals surface area (Å²) in [6.07, 6.45) is -10.3. The van der Waals surface area contributed by atoms with Crippen LogP contribution >= 0.6 is 0 Å². The number of pyridine rings is 1. The van der Waals surface area contributed by atoms with Gasteiger partial charge in [0.05, 0.1) is 24.2 Å². The summed E-state index contributed by atoms with van der Waals surface area (Å²) in [5.74, 6) is -5.90. The van der Waals surface area contributed by atoms with Gasteiger partial charge in [-0.2, -0.15) is 26.3 Å². The number of amides is 1. The first kappa shape index (κ1) is 41.4. The molecule has 2 unspecified atom stereocenters. The number of aryl methyl sites for hydroxylation is 1. The summed E-state index contributed by atoms with van der Waals surface area (Å²) in [5, 5.41) is 14.1. The molecule has 1 aliphatic rings. The minimum Gasteiger partial charge on any atom is -0.466 e. The van der Waals surface area contributed by atoms with Gasteiger partial charge in [0.1, 0.15) is 17.7 Å². The number of carbonyl (C=O) groups is 2. The Kier molecular flexibility index (Phi) is 12.5. The van der Waals surface area contributed by atoms with Crippen LogP contribution in [-0.4, -0.2) is 52.7 Å². The Hall–Kier alpha value is -4.31. The van der Waals surface area contributed by atoms with Crippen molar-refractivity contribution in [2.45, 2.75) is 84.4 Å². The summed E-state index contributed by atoms with van der Waals surface area (Å²) < 4.78 is 122. The van der Waals surface area contributed by atoms with Crippen molar-refractivity contribution in [1.29, 1.82) is 0 Å². The van der Waals surface area contributed by atoms with Gasteiger partial charge in [-0.1, -0.05) is 19.9 Å². The molecule has 290 valence electrons. The minimum absolute atomic E-state index is 0.0821. The quantitative estimate of drug-likeness (QED) is 0.109. The Morgan fingerprint density at radius 1 is 0.962 bits per heavy atom. The highest BCUT2D eigenvalue weighted by atomic mass is 19.4. The summed E-state index contributed by atoms with van der Waals surface area (Å²) in [5.41, 5.74) is -9.52. The van der Waals surface area contributed by atoms with Crippen LogP contribution < -0.4 is 10.9 Å². The molecule has 0 spiro atoms. The van der Waals surface area contributed by atoms with E-state index < -0.39 is 87.8 Å². The van der Waals surface area contributed by atoms with E-state index in [4.69, 9.17) is 4.74 Å². The molecule has 2 N–H and O–H groups in total. The van der Waals surface area contributed by atoms with Crippen LogP contribution in [0.5, 0.6) is 0 Å². The molecule has 16 heteroatoms. The molecule has 0 radical (unpaired) electrons. The van der Waals surface area contributed by atoms with Gasteiger partial charge in [0.2, 0.25) is 5.91 Å². The van der Waals surface area contributed by atoms with Crippen molar-refractivity contribution in [2.75, 3.05) is 26.2 Å². The van der Waals surface area contributed by atoms with Crippen LogP contribution in [-0.2, 0) is 38.8 Å².